The van der Waals surface area contributed by atoms with Gasteiger partial charge in [0.2, 0.25) is 5.88 Å². The van der Waals surface area contributed by atoms with Gasteiger partial charge < -0.3 is 14.6 Å². The topological polar surface area (TPSA) is 64.5 Å². The molecular weight excluding hydrogens is 241 g/mol. The fourth-order valence-electron chi connectivity index (χ4n) is 1.09. The third-order valence-corrected chi connectivity index (χ3v) is 1.74. The molecule has 0 saturated heterocycles. The summed E-state index contributed by atoms with van der Waals surface area (Å²) in [5.41, 5.74) is 0.0391. The maximum Gasteiger partial charge on any atom is 0.411 e. The largest absolute Gasteiger partial charge is 0.480 e. The third kappa shape index (κ3) is 4.53. The molecule has 0 aliphatic heterocycles. The lowest BCUT2D eigenvalue weighted by molar-refractivity contribution is -0.179. The van der Waals surface area contributed by atoms with Crippen LogP contribution >= 0.6 is 0 Å². The zero-order valence-electron chi connectivity index (χ0n) is 8.94. The Labute approximate surface area is 95.2 Å². The first-order valence-corrected chi connectivity index (χ1v) is 4.61. The summed E-state index contributed by atoms with van der Waals surface area (Å²) in [5, 5.41) is 9.55. The van der Waals surface area contributed by atoms with E-state index in [4.69, 9.17) is 4.74 Å². The fraction of sp³-hybridized carbons (Fsp3) is 0.556. The van der Waals surface area contributed by atoms with E-state index < -0.39 is 25.5 Å². The van der Waals surface area contributed by atoms with E-state index in [0.717, 1.165) is 0 Å². The maximum atomic E-state index is 11.8. The van der Waals surface area contributed by atoms with Crippen LogP contribution in [0.5, 0.6) is 5.88 Å². The van der Waals surface area contributed by atoms with Gasteiger partial charge in [-0.2, -0.15) is 13.2 Å². The molecule has 1 N–H and O–H groups in total. The van der Waals surface area contributed by atoms with Crippen molar-refractivity contribution in [2.24, 2.45) is 0 Å². The molecule has 1 aromatic rings. The van der Waals surface area contributed by atoms with Crippen LogP contribution in [0.1, 0.15) is 11.8 Å². The van der Waals surface area contributed by atoms with Crippen molar-refractivity contribution in [1.29, 1.82) is 0 Å². The highest BCUT2D eigenvalue weighted by Crippen LogP contribution is 2.21. The smallest absolute Gasteiger partial charge is 0.411 e. The van der Waals surface area contributed by atoms with Gasteiger partial charge in [-0.1, -0.05) is 0 Å². The van der Waals surface area contributed by atoms with Crippen LogP contribution in [-0.4, -0.2) is 41.6 Å². The average Bonchev–Trinajstić information content (AvgIpc) is 2.27. The summed E-state index contributed by atoms with van der Waals surface area (Å²) in [5.74, 6) is 0.0515. The van der Waals surface area contributed by atoms with Crippen LogP contribution in [0.4, 0.5) is 13.2 Å². The van der Waals surface area contributed by atoms with Crippen LogP contribution in [0, 0.1) is 0 Å². The standard InChI is InChI=1S/C9H11F3N2O3/c1-16-8-7(13-2-3-14-8)6(15)4-17-5-9(10,11)12/h2-3,6,15H,4-5H2,1H3. The second-order valence-corrected chi connectivity index (χ2v) is 3.10. The summed E-state index contributed by atoms with van der Waals surface area (Å²) < 4.78 is 44.5. The number of hydrogen-bond donors (Lipinski definition) is 1. The van der Waals surface area contributed by atoms with Crippen LogP contribution in [0.15, 0.2) is 12.4 Å². The van der Waals surface area contributed by atoms with E-state index in [9.17, 15) is 18.3 Å². The van der Waals surface area contributed by atoms with Gasteiger partial charge in [0.1, 0.15) is 18.4 Å². The number of nitrogens with zero attached hydrogens (tertiary/aromatic N) is 2. The van der Waals surface area contributed by atoms with Crippen molar-refractivity contribution < 1.29 is 27.8 Å². The van der Waals surface area contributed by atoms with Gasteiger partial charge in [-0.05, 0) is 0 Å². The van der Waals surface area contributed by atoms with Crippen molar-refractivity contribution >= 4 is 0 Å². The number of aliphatic hydroxyl groups is 1. The fourth-order valence-corrected chi connectivity index (χ4v) is 1.09. The number of aromatic nitrogens is 2. The third-order valence-electron chi connectivity index (χ3n) is 1.74. The summed E-state index contributed by atoms with van der Waals surface area (Å²) in [6.45, 7) is -1.96. The summed E-state index contributed by atoms with van der Waals surface area (Å²) >= 11 is 0. The van der Waals surface area contributed by atoms with E-state index in [1.54, 1.807) is 0 Å². The number of hydrogen-bond acceptors (Lipinski definition) is 5. The van der Waals surface area contributed by atoms with E-state index in [2.05, 4.69) is 14.7 Å². The van der Waals surface area contributed by atoms with Gasteiger partial charge in [0.05, 0.1) is 13.7 Å². The van der Waals surface area contributed by atoms with Crippen LogP contribution in [-0.2, 0) is 4.74 Å². The highest BCUT2D eigenvalue weighted by atomic mass is 19.4. The van der Waals surface area contributed by atoms with Gasteiger partial charge in [0.25, 0.3) is 0 Å². The van der Waals surface area contributed by atoms with Crippen LogP contribution in [0.2, 0.25) is 0 Å². The Morgan fingerprint density at radius 1 is 1.35 bits per heavy atom. The number of alkyl halides is 3. The number of methoxy groups -OCH3 is 1. The first-order valence-electron chi connectivity index (χ1n) is 4.61. The minimum Gasteiger partial charge on any atom is -0.480 e. The molecule has 0 spiro atoms. The molecule has 8 heteroatoms. The lowest BCUT2D eigenvalue weighted by Crippen LogP contribution is -2.20. The monoisotopic (exact) mass is 252 g/mol. The molecule has 0 fully saturated rings. The van der Waals surface area contributed by atoms with Gasteiger partial charge in [0, 0.05) is 12.4 Å². The van der Waals surface area contributed by atoms with Gasteiger partial charge in [-0.25, -0.2) is 4.98 Å². The minimum atomic E-state index is -4.42. The highest BCUT2D eigenvalue weighted by Gasteiger charge is 2.28. The Morgan fingerprint density at radius 3 is 2.59 bits per heavy atom. The molecule has 0 aliphatic rings. The molecule has 1 rings (SSSR count). The van der Waals surface area contributed by atoms with Crippen molar-refractivity contribution in [3.63, 3.8) is 0 Å². The molecule has 0 aliphatic carbocycles. The molecule has 1 heterocycles. The van der Waals surface area contributed by atoms with E-state index >= 15 is 0 Å². The lowest BCUT2D eigenvalue weighted by atomic mass is 10.2. The summed E-state index contributed by atoms with van der Waals surface area (Å²) in [6, 6.07) is 0. The van der Waals surface area contributed by atoms with E-state index in [1.165, 1.54) is 19.5 Å². The molecule has 0 aromatic carbocycles. The molecule has 96 valence electrons. The van der Waals surface area contributed by atoms with Crippen LogP contribution in [0.25, 0.3) is 0 Å². The minimum absolute atomic E-state index is 0.0391. The number of aliphatic hydroxyl groups excluding tert-OH is 1. The van der Waals surface area contributed by atoms with Crippen molar-refractivity contribution in [3.8, 4) is 5.88 Å². The first-order chi connectivity index (χ1) is 7.94. The van der Waals surface area contributed by atoms with Crippen molar-refractivity contribution in [2.45, 2.75) is 12.3 Å². The molecule has 17 heavy (non-hydrogen) atoms. The molecule has 1 atom stereocenters. The summed E-state index contributed by atoms with van der Waals surface area (Å²) in [4.78, 5) is 7.52. The highest BCUT2D eigenvalue weighted by molar-refractivity contribution is 5.19. The number of halogens is 3. The second-order valence-electron chi connectivity index (χ2n) is 3.10. The normalized spacial score (nSPS) is 13.5. The summed E-state index contributed by atoms with van der Waals surface area (Å²) in [7, 11) is 1.32. The number of ether oxygens (including phenoxy) is 2. The SMILES string of the molecule is COc1nccnc1C(O)COCC(F)(F)F. The first kappa shape index (κ1) is 13.7. The molecule has 0 amide bonds. The molecule has 0 radical (unpaired) electrons. The molecule has 0 bridgehead atoms. The molecule has 1 unspecified atom stereocenters. The maximum absolute atomic E-state index is 11.8. The number of rotatable bonds is 5. The zero-order chi connectivity index (χ0) is 12.9. The average molecular weight is 252 g/mol. The van der Waals surface area contributed by atoms with E-state index in [1.807, 2.05) is 0 Å². The lowest BCUT2D eigenvalue weighted by Gasteiger charge is -2.13. The van der Waals surface area contributed by atoms with E-state index in [0.29, 0.717) is 0 Å². The Balaban J connectivity index is 2.55. The second kappa shape index (κ2) is 5.78. The molecule has 1 aromatic heterocycles. The van der Waals surface area contributed by atoms with Crippen LogP contribution in [0.3, 0.4) is 0 Å². The zero-order valence-corrected chi connectivity index (χ0v) is 8.94. The van der Waals surface area contributed by atoms with E-state index in [-0.39, 0.29) is 11.6 Å². The van der Waals surface area contributed by atoms with Crippen LogP contribution < -0.4 is 4.74 Å². The van der Waals surface area contributed by atoms with Gasteiger partial charge in [0.15, 0.2) is 0 Å². The van der Waals surface area contributed by atoms with Crippen molar-refractivity contribution in [1.82, 2.24) is 9.97 Å². The molecule has 0 saturated carbocycles. The Morgan fingerprint density at radius 2 is 2.00 bits per heavy atom. The summed E-state index contributed by atoms with van der Waals surface area (Å²) in [6.07, 6.45) is -3.11. The van der Waals surface area contributed by atoms with Crippen molar-refractivity contribution in [3.05, 3.63) is 18.1 Å². The predicted molar refractivity (Wildman–Crippen MR) is 50.4 cm³/mol. The molecular formula is C9H11F3N2O3. The van der Waals surface area contributed by atoms with Gasteiger partial charge in [-0.15, -0.1) is 0 Å². The Bertz CT molecular complexity index is 360. The quantitative estimate of drug-likeness (QED) is 0.850. The molecule has 5 nitrogen and oxygen atoms in total. The predicted octanol–water partition coefficient (Wildman–Crippen LogP) is 1.10. The van der Waals surface area contributed by atoms with Crippen molar-refractivity contribution in [2.75, 3.05) is 20.3 Å². The van der Waals surface area contributed by atoms with Gasteiger partial charge in [-0.3, -0.25) is 4.98 Å². The van der Waals surface area contributed by atoms with Gasteiger partial charge >= 0.3 is 6.18 Å². The Kier molecular flexibility index (Phi) is 4.64. The Hall–Kier alpha value is -1.41.